The number of hydrogen-bond donors (Lipinski definition) is 2. The zero-order chi connectivity index (χ0) is 16.7. The Kier molecular flexibility index (Phi) is 6.15. The highest BCUT2D eigenvalue weighted by Gasteiger charge is 2.14. The van der Waals surface area contributed by atoms with E-state index in [-0.39, 0.29) is 10.9 Å². The molecule has 0 aliphatic carbocycles. The van der Waals surface area contributed by atoms with Crippen LogP contribution in [-0.2, 0) is 0 Å². The third-order valence-corrected chi connectivity index (χ3v) is 3.38. The van der Waals surface area contributed by atoms with Crippen molar-refractivity contribution in [2.45, 2.75) is 12.8 Å². The molecule has 0 fully saturated rings. The number of halogens is 3. The summed E-state index contributed by atoms with van der Waals surface area (Å²) in [5.74, 6) is 0.187. The molecule has 0 saturated heterocycles. The van der Waals surface area contributed by atoms with Gasteiger partial charge >= 0.3 is 6.03 Å². The molecule has 124 valence electrons. The first-order valence-corrected chi connectivity index (χ1v) is 7.41. The van der Waals surface area contributed by atoms with Crippen molar-refractivity contribution in [1.29, 1.82) is 0 Å². The van der Waals surface area contributed by atoms with Crippen LogP contribution >= 0.6 is 11.3 Å². The second kappa shape index (κ2) is 8.32. The van der Waals surface area contributed by atoms with E-state index in [0.29, 0.717) is 36.7 Å². The van der Waals surface area contributed by atoms with Crippen molar-refractivity contribution >= 4 is 22.5 Å². The summed E-state index contributed by atoms with van der Waals surface area (Å²) >= 11 is 0.612. The van der Waals surface area contributed by atoms with E-state index < -0.39 is 17.5 Å². The number of ether oxygens (including phenoxy) is 1. The largest absolute Gasteiger partial charge is 0.494 e. The Labute approximate surface area is 133 Å². The minimum Gasteiger partial charge on any atom is -0.494 e. The van der Waals surface area contributed by atoms with Gasteiger partial charge < -0.3 is 10.1 Å². The summed E-state index contributed by atoms with van der Waals surface area (Å²) in [6, 6.07) is 5.02. The van der Waals surface area contributed by atoms with Crippen molar-refractivity contribution in [2.75, 3.05) is 18.5 Å². The number of nitrogens with one attached hydrogen (secondary N) is 2. The number of rotatable bonds is 7. The predicted octanol–water partition coefficient (Wildman–Crippen LogP) is 3.21. The van der Waals surface area contributed by atoms with Crippen LogP contribution in [0.25, 0.3) is 0 Å². The topological polar surface area (TPSA) is 76.1 Å². The van der Waals surface area contributed by atoms with Crippen LogP contribution in [0.4, 0.5) is 23.1 Å². The van der Waals surface area contributed by atoms with Gasteiger partial charge in [-0.25, -0.2) is 18.0 Å². The molecule has 0 bridgehead atoms. The molecular formula is C13H13F3N4O2S. The molecule has 2 amide bonds. The van der Waals surface area contributed by atoms with Crippen molar-refractivity contribution < 1.29 is 22.7 Å². The van der Waals surface area contributed by atoms with E-state index in [1.807, 2.05) is 0 Å². The molecule has 23 heavy (non-hydrogen) atoms. The number of carbonyl (C=O) groups excluding carboxylic acids is 1. The standard InChI is InChI=1S/C13H13F3N4O2S/c14-8-2-4-9(5-3-8)22-7-1-6-17-12(21)18-13-20-19-11(23-13)10(15)16/h2-5,10H,1,6-7H2,(H2,17,18,20,21). The fourth-order valence-corrected chi connectivity index (χ4v) is 2.10. The van der Waals surface area contributed by atoms with Crippen LogP contribution in [0.5, 0.6) is 5.75 Å². The minimum atomic E-state index is -2.71. The fraction of sp³-hybridized carbons (Fsp3) is 0.308. The minimum absolute atomic E-state index is 0.000335. The van der Waals surface area contributed by atoms with Gasteiger partial charge in [0.1, 0.15) is 11.6 Å². The first-order chi connectivity index (χ1) is 11.0. The molecule has 1 aromatic carbocycles. The number of anilines is 1. The summed E-state index contributed by atoms with van der Waals surface area (Å²) in [5, 5.41) is 11.1. The van der Waals surface area contributed by atoms with Gasteiger partial charge in [-0.05, 0) is 30.7 Å². The Morgan fingerprint density at radius 2 is 2.00 bits per heavy atom. The Hall–Kier alpha value is -2.36. The van der Waals surface area contributed by atoms with Crippen molar-refractivity contribution in [3.63, 3.8) is 0 Å². The monoisotopic (exact) mass is 346 g/mol. The van der Waals surface area contributed by atoms with Crippen LogP contribution < -0.4 is 15.4 Å². The zero-order valence-corrected chi connectivity index (χ0v) is 12.6. The van der Waals surface area contributed by atoms with Crippen molar-refractivity contribution in [3.8, 4) is 5.75 Å². The maximum atomic E-state index is 12.7. The fourth-order valence-electron chi connectivity index (χ4n) is 1.51. The van der Waals surface area contributed by atoms with Gasteiger partial charge in [0.25, 0.3) is 6.43 Å². The molecule has 10 heteroatoms. The second-order valence-corrected chi connectivity index (χ2v) is 5.29. The maximum absolute atomic E-state index is 12.7. The first kappa shape index (κ1) is 17.0. The number of nitrogens with zero attached hydrogens (tertiary/aromatic N) is 2. The molecule has 1 aromatic heterocycles. The third-order valence-electron chi connectivity index (χ3n) is 2.54. The normalized spacial score (nSPS) is 10.6. The van der Waals surface area contributed by atoms with Gasteiger partial charge in [0.2, 0.25) is 5.13 Å². The third kappa shape index (κ3) is 5.74. The highest BCUT2D eigenvalue weighted by atomic mass is 32.1. The number of alkyl halides is 2. The van der Waals surface area contributed by atoms with E-state index in [9.17, 15) is 18.0 Å². The highest BCUT2D eigenvalue weighted by molar-refractivity contribution is 7.15. The number of hydrogen-bond acceptors (Lipinski definition) is 5. The molecule has 0 aliphatic rings. The number of urea groups is 1. The summed E-state index contributed by atoms with van der Waals surface area (Å²) in [6.07, 6.45) is -2.20. The number of aromatic nitrogens is 2. The molecule has 6 nitrogen and oxygen atoms in total. The van der Waals surface area contributed by atoms with E-state index in [1.54, 1.807) is 0 Å². The quantitative estimate of drug-likeness (QED) is 0.755. The van der Waals surface area contributed by atoms with Gasteiger partial charge in [0.05, 0.1) is 6.61 Å². The molecule has 2 aromatic rings. The van der Waals surface area contributed by atoms with Gasteiger partial charge in [-0.15, -0.1) is 10.2 Å². The highest BCUT2D eigenvalue weighted by Crippen LogP contribution is 2.24. The van der Waals surface area contributed by atoms with Crippen molar-refractivity contribution in [1.82, 2.24) is 15.5 Å². The molecule has 0 aliphatic heterocycles. The van der Waals surface area contributed by atoms with Crippen molar-refractivity contribution in [2.24, 2.45) is 0 Å². The average Bonchev–Trinajstić information content (AvgIpc) is 2.97. The maximum Gasteiger partial charge on any atom is 0.321 e. The van der Waals surface area contributed by atoms with Gasteiger partial charge in [0, 0.05) is 6.54 Å². The number of benzene rings is 1. The molecule has 0 radical (unpaired) electrons. The molecule has 0 atom stereocenters. The predicted molar refractivity (Wildman–Crippen MR) is 78.4 cm³/mol. The summed E-state index contributed by atoms with van der Waals surface area (Å²) in [6.45, 7) is 0.647. The van der Waals surface area contributed by atoms with Crippen LogP contribution in [0, 0.1) is 5.82 Å². The van der Waals surface area contributed by atoms with Gasteiger partial charge in [-0.3, -0.25) is 5.32 Å². The summed E-state index contributed by atoms with van der Waals surface area (Å²) in [4.78, 5) is 11.5. The SMILES string of the molecule is O=C(NCCCOc1ccc(F)cc1)Nc1nnc(C(F)F)s1. The van der Waals surface area contributed by atoms with E-state index in [1.165, 1.54) is 24.3 Å². The molecule has 2 N–H and O–H groups in total. The lowest BCUT2D eigenvalue weighted by Crippen LogP contribution is -2.30. The molecule has 1 heterocycles. The van der Waals surface area contributed by atoms with Crippen molar-refractivity contribution in [3.05, 3.63) is 35.1 Å². The molecule has 2 rings (SSSR count). The van der Waals surface area contributed by atoms with Crippen LogP contribution in [0.15, 0.2) is 24.3 Å². The zero-order valence-electron chi connectivity index (χ0n) is 11.8. The number of amides is 2. The van der Waals surface area contributed by atoms with E-state index in [4.69, 9.17) is 4.74 Å². The summed E-state index contributed by atoms with van der Waals surface area (Å²) in [7, 11) is 0. The van der Waals surface area contributed by atoms with Crippen LogP contribution in [-0.4, -0.2) is 29.4 Å². The van der Waals surface area contributed by atoms with Crippen LogP contribution in [0.3, 0.4) is 0 Å². The Bertz CT molecular complexity index is 636. The number of carbonyl (C=O) groups is 1. The molecule has 0 unspecified atom stereocenters. The Balaban J connectivity index is 1.61. The summed E-state index contributed by atoms with van der Waals surface area (Å²) < 4.78 is 42.7. The van der Waals surface area contributed by atoms with E-state index in [0.717, 1.165) is 0 Å². The lowest BCUT2D eigenvalue weighted by Gasteiger charge is -2.07. The lowest BCUT2D eigenvalue weighted by molar-refractivity contribution is 0.150. The van der Waals surface area contributed by atoms with E-state index >= 15 is 0 Å². The van der Waals surface area contributed by atoms with E-state index in [2.05, 4.69) is 20.8 Å². The molecule has 0 saturated carbocycles. The van der Waals surface area contributed by atoms with Crippen LogP contribution in [0.2, 0.25) is 0 Å². The van der Waals surface area contributed by atoms with Crippen LogP contribution in [0.1, 0.15) is 17.9 Å². The smallest absolute Gasteiger partial charge is 0.321 e. The summed E-state index contributed by atoms with van der Waals surface area (Å²) in [5.41, 5.74) is 0. The first-order valence-electron chi connectivity index (χ1n) is 6.59. The average molecular weight is 346 g/mol. The van der Waals surface area contributed by atoms with Gasteiger partial charge in [-0.2, -0.15) is 0 Å². The molecule has 0 spiro atoms. The Morgan fingerprint density at radius 1 is 1.26 bits per heavy atom. The van der Waals surface area contributed by atoms with Gasteiger partial charge in [-0.1, -0.05) is 11.3 Å². The molecular weight excluding hydrogens is 333 g/mol. The Morgan fingerprint density at radius 3 is 2.65 bits per heavy atom. The lowest BCUT2D eigenvalue weighted by atomic mass is 10.3. The second-order valence-electron chi connectivity index (χ2n) is 4.28. The van der Waals surface area contributed by atoms with Gasteiger partial charge in [0.15, 0.2) is 5.01 Å².